The van der Waals surface area contributed by atoms with Crippen LogP contribution in [0.25, 0.3) is 0 Å². The first-order valence-electron chi connectivity index (χ1n) is 11.0. The average molecular weight is 481 g/mol. The smallest absolute Gasteiger partial charge is 0.341 e. The number of nitrogens with one attached hydrogen (secondary N) is 2. The molecule has 0 radical (unpaired) electrons. The molecule has 1 heterocycles. The lowest BCUT2D eigenvalue weighted by Crippen LogP contribution is -2.25. The van der Waals surface area contributed by atoms with Gasteiger partial charge in [-0.15, -0.1) is 11.3 Å². The predicted molar refractivity (Wildman–Crippen MR) is 133 cm³/mol. The lowest BCUT2D eigenvalue weighted by atomic mass is 10.1. The minimum atomic E-state index is -0.460. The number of aryl methyl sites for hydroxylation is 1. The van der Waals surface area contributed by atoms with Gasteiger partial charge in [0.2, 0.25) is 0 Å². The van der Waals surface area contributed by atoms with E-state index in [1.807, 2.05) is 44.2 Å². The van der Waals surface area contributed by atoms with Crippen LogP contribution in [-0.2, 0) is 16.0 Å². The predicted octanol–water partition coefficient (Wildman–Crippen LogP) is 4.53. The maximum atomic E-state index is 12.4. The number of amides is 2. The lowest BCUT2D eigenvalue weighted by molar-refractivity contribution is -0.118. The highest BCUT2D eigenvalue weighted by Gasteiger charge is 2.22. The molecule has 0 spiro atoms. The Kier molecular flexibility index (Phi) is 8.81. The van der Waals surface area contributed by atoms with Crippen LogP contribution in [0.15, 0.2) is 54.6 Å². The van der Waals surface area contributed by atoms with E-state index in [9.17, 15) is 14.4 Å². The van der Waals surface area contributed by atoms with Gasteiger partial charge in [-0.2, -0.15) is 0 Å². The zero-order chi connectivity index (χ0) is 24.5. The van der Waals surface area contributed by atoms with Gasteiger partial charge < -0.3 is 20.1 Å². The molecular formula is C26H28N2O5S. The van der Waals surface area contributed by atoms with Gasteiger partial charge in [0.1, 0.15) is 10.8 Å². The molecule has 0 aliphatic heterocycles. The van der Waals surface area contributed by atoms with Gasteiger partial charge in [0.05, 0.1) is 12.2 Å². The van der Waals surface area contributed by atoms with Gasteiger partial charge in [0.15, 0.2) is 6.61 Å². The van der Waals surface area contributed by atoms with Crippen LogP contribution in [0.4, 0.5) is 5.00 Å². The number of carbonyl (C=O) groups excluding carboxylic acids is 3. The number of benzene rings is 2. The van der Waals surface area contributed by atoms with Crippen LogP contribution in [0.3, 0.4) is 0 Å². The topological polar surface area (TPSA) is 93.7 Å². The van der Waals surface area contributed by atoms with E-state index in [1.54, 1.807) is 31.2 Å². The molecule has 178 valence electrons. The quantitative estimate of drug-likeness (QED) is 0.416. The highest BCUT2D eigenvalue weighted by molar-refractivity contribution is 7.16. The summed E-state index contributed by atoms with van der Waals surface area (Å²) in [5.41, 5.74) is 2.83. The zero-order valence-corrected chi connectivity index (χ0v) is 20.3. The van der Waals surface area contributed by atoms with Crippen LogP contribution in [0.1, 0.15) is 43.6 Å². The molecule has 2 aromatic carbocycles. The summed E-state index contributed by atoms with van der Waals surface area (Å²) in [6.45, 7) is 6.00. The van der Waals surface area contributed by atoms with Crippen molar-refractivity contribution in [2.24, 2.45) is 0 Å². The van der Waals surface area contributed by atoms with E-state index in [1.165, 1.54) is 11.3 Å². The summed E-state index contributed by atoms with van der Waals surface area (Å²) in [7, 11) is 0. The number of ether oxygens (including phenoxy) is 2. The maximum Gasteiger partial charge on any atom is 0.341 e. The van der Waals surface area contributed by atoms with E-state index in [4.69, 9.17) is 9.47 Å². The fourth-order valence-electron chi connectivity index (χ4n) is 3.25. The normalized spacial score (nSPS) is 10.4. The molecule has 3 rings (SSSR count). The van der Waals surface area contributed by atoms with Gasteiger partial charge in [-0.1, -0.05) is 30.3 Å². The lowest BCUT2D eigenvalue weighted by Gasteiger charge is -2.09. The fraction of sp³-hybridized carbons (Fsp3) is 0.269. The van der Waals surface area contributed by atoms with Crippen molar-refractivity contribution in [1.82, 2.24) is 5.32 Å². The highest BCUT2D eigenvalue weighted by Crippen LogP contribution is 2.33. The van der Waals surface area contributed by atoms with Crippen LogP contribution in [0.2, 0.25) is 0 Å². The SMILES string of the molecule is CCOC(=O)c1c(NC(=O)COc2ccc(C(=O)NCCc3ccccc3)cc2)sc(C)c1C. The summed E-state index contributed by atoms with van der Waals surface area (Å²) in [6.07, 6.45) is 0.754. The van der Waals surface area contributed by atoms with Crippen LogP contribution in [0.5, 0.6) is 5.75 Å². The monoisotopic (exact) mass is 480 g/mol. The number of hydrogen-bond acceptors (Lipinski definition) is 6. The Morgan fingerprint density at radius 3 is 2.35 bits per heavy atom. The summed E-state index contributed by atoms with van der Waals surface area (Å²) < 4.78 is 10.6. The molecule has 7 nitrogen and oxygen atoms in total. The Balaban J connectivity index is 1.49. The molecule has 0 saturated heterocycles. The Labute approximate surface area is 203 Å². The Hall–Kier alpha value is -3.65. The third-order valence-electron chi connectivity index (χ3n) is 5.15. The van der Waals surface area contributed by atoms with E-state index in [0.717, 1.165) is 22.4 Å². The van der Waals surface area contributed by atoms with Crippen LogP contribution < -0.4 is 15.4 Å². The molecule has 0 bridgehead atoms. The van der Waals surface area contributed by atoms with Crippen molar-refractivity contribution >= 4 is 34.1 Å². The summed E-state index contributed by atoms with van der Waals surface area (Å²) in [6, 6.07) is 16.5. The highest BCUT2D eigenvalue weighted by atomic mass is 32.1. The standard InChI is InChI=1S/C26H28N2O5S/c1-4-32-26(31)23-17(2)18(3)34-25(23)28-22(29)16-33-21-12-10-20(11-13-21)24(30)27-15-14-19-8-6-5-7-9-19/h5-13H,4,14-16H2,1-3H3,(H,27,30)(H,28,29). The minimum Gasteiger partial charge on any atom is -0.484 e. The van der Waals surface area contributed by atoms with Crippen molar-refractivity contribution in [3.05, 3.63) is 81.7 Å². The number of rotatable bonds is 10. The van der Waals surface area contributed by atoms with E-state index in [2.05, 4.69) is 10.6 Å². The first-order valence-corrected chi connectivity index (χ1v) is 11.8. The van der Waals surface area contributed by atoms with Gasteiger partial charge in [0.25, 0.3) is 11.8 Å². The molecule has 1 aromatic heterocycles. The van der Waals surface area contributed by atoms with Gasteiger partial charge in [-0.3, -0.25) is 9.59 Å². The molecule has 3 aromatic rings. The van der Waals surface area contributed by atoms with E-state index in [-0.39, 0.29) is 19.1 Å². The molecule has 0 fully saturated rings. The Morgan fingerprint density at radius 2 is 1.68 bits per heavy atom. The van der Waals surface area contributed by atoms with Gasteiger partial charge in [0, 0.05) is 17.0 Å². The first kappa shape index (κ1) is 25.0. The van der Waals surface area contributed by atoms with Crippen LogP contribution in [0, 0.1) is 13.8 Å². The fourth-order valence-corrected chi connectivity index (χ4v) is 4.31. The van der Waals surface area contributed by atoms with Crippen molar-refractivity contribution in [1.29, 1.82) is 0 Å². The second-order valence-corrected chi connectivity index (χ2v) is 8.79. The second kappa shape index (κ2) is 12.0. The summed E-state index contributed by atoms with van der Waals surface area (Å²) in [5, 5.41) is 6.08. The van der Waals surface area contributed by atoms with Crippen molar-refractivity contribution in [3.8, 4) is 5.75 Å². The summed E-state index contributed by atoms with van der Waals surface area (Å²) in [4.78, 5) is 37.9. The van der Waals surface area contributed by atoms with Crippen LogP contribution in [-0.4, -0.2) is 37.5 Å². The molecule has 0 unspecified atom stereocenters. The van der Waals surface area contributed by atoms with Gasteiger partial charge in [-0.05, 0) is 62.6 Å². The third-order valence-corrected chi connectivity index (χ3v) is 6.27. The molecular weight excluding hydrogens is 452 g/mol. The van der Waals surface area contributed by atoms with E-state index >= 15 is 0 Å². The Morgan fingerprint density at radius 1 is 0.971 bits per heavy atom. The Bertz CT molecular complexity index is 1140. The first-order chi connectivity index (χ1) is 16.4. The molecule has 2 N–H and O–H groups in total. The molecule has 0 saturated carbocycles. The average Bonchev–Trinajstić information content (AvgIpc) is 3.11. The van der Waals surface area contributed by atoms with Crippen molar-refractivity contribution in [3.63, 3.8) is 0 Å². The number of esters is 1. The number of anilines is 1. The minimum absolute atomic E-state index is 0.171. The molecule has 8 heteroatoms. The molecule has 0 aliphatic carbocycles. The molecule has 0 aliphatic rings. The van der Waals surface area contributed by atoms with E-state index < -0.39 is 11.9 Å². The summed E-state index contributed by atoms with van der Waals surface area (Å²) in [5.74, 6) is -0.567. The number of carbonyl (C=O) groups is 3. The molecule has 34 heavy (non-hydrogen) atoms. The third kappa shape index (κ3) is 6.68. The number of hydrogen-bond donors (Lipinski definition) is 2. The second-order valence-electron chi connectivity index (χ2n) is 7.56. The van der Waals surface area contributed by atoms with Crippen molar-refractivity contribution in [2.75, 3.05) is 25.1 Å². The maximum absolute atomic E-state index is 12.4. The van der Waals surface area contributed by atoms with Crippen molar-refractivity contribution in [2.45, 2.75) is 27.2 Å². The van der Waals surface area contributed by atoms with Crippen LogP contribution >= 0.6 is 11.3 Å². The van der Waals surface area contributed by atoms with Gasteiger partial charge in [-0.25, -0.2) is 4.79 Å². The zero-order valence-electron chi connectivity index (χ0n) is 19.5. The number of thiophene rings is 1. The summed E-state index contributed by atoms with van der Waals surface area (Å²) >= 11 is 1.32. The largest absolute Gasteiger partial charge is 0.484 e. The van der Waals surface area contributed by atoms with E-state index in [0.29, 0.717) is 28.4 Å². The molecule has 2 amide bonds. The van der Waals surface area contributed by atoms with Gasteiger partial charge >= 0.3 is 5.97 Å². The van der Waals surface area contributed by atoms with Crippen molar-refractivity contribution < 1.29 is 23.9 Å². The molecule has 0 atom stereocenters.